The minimum atomic E-state index is -0.539. The summed E-state index contributed by atoms with van der Waals surface area (Å²) < 4.78 is 7.14. The van der Waals surface area contributed by atoms with E-state index in [-0.39, 0.29) is 24.7 Å². The zero-order chi connectivity index (χ0) is 17.3. The van der Waals surface area contributed by atoms with Gasteiger partial charge in [0.25, 0.3) is 0 Å². The molecule has 0 aliphatic carbocycles. The molecule has 2 atom stereocenters. The maximum Gasteiger partial charge on any atom is 0.419 e. The number of carbonyl (C=O) groups excluding carboxylic acids is 1. The van der Waals surface area contributed by atoms with E-state index < -0.39 is 5.60 Å². The molecule has 0 amide bonds. The normalized spacial score (nSPS) is 21.8. The first kappa shape index (κ1) is 17.0. The summed E-state index contributed by atoms with van der Waals surface area (Å²) in [4.78, 5) is 12.6. The Bertz CT molecular complexity index is 730. The predicted molar refractivity (Wildman–Crippen MR) is 94.4 cm³/mol. The Labute approximate surface area is 142 Å². The molecule has 0 radical (unpaired) electrons. The summed E-state index contributed by atoms with van der Waals surface area (Å²) in [5, 5.41) is 14.1. The molecule has 5 heteroatoms. The largest absolute Gasteiger partial charge is 0.443 e. The molecule has 1 aliphatic rings. The third kappa shape index (κ3) is 3.32. The highest BCUT2D eigenvalue weighted by Gasteiger charge is 2.29. The minimum Gasteiger partial charge on any atom is -0.443 e. The molecule has 1 aliphatic heterocycles. The van der Waals surface area contributed by atoms with Crippen molar-refractivity contribution in [2.75, 3.05) is 13.2 Å². The minimum absolute atomic E-state index is 0.0247. The average molecular weight is 330 g/mol. The van der Waals surface area contributed by atoms with Crippen LogP contribution >= 0.6 is 0 Å². The lowest BCUT2D eigenvalue weighted by Gasteiger charge is -2.31. The third-order valence-electron chi connectivity index (χ3n) is 4.51. The van der Waals surface area contributed by atoms with Crippen LogP contribution in [0.3, 0.4) is 0 Å². The van der Waals surface area contributed by atoms with Gasteiger partial charge < -0.3 is 15.2 Å². The van der Waals surface area contributed by atoms with Crippen LogP contribution in [0.15, 0.2) is 30.5 Å². The van der Waals surface area contributed by atoms with E-state index in [1.165, 1.54) is 0 Å². The summed E-state index contributed by atoms with van der Waals surface area (Å²) in [6.07, 6.45) is 3.58. The number of para-hydroxylation sites is 1. The number of aliphatic hydroxyl groups excluding tert-OH is 1. The van der Waals surface area contributed by atoms with Gasteiger partial charge in [0, 0.05) is 23.5 Å². The lowest BCUT2D eigenvalue weighted by Crippen LogP contribution is -2.42. The highest BCUT2D eigenvalue weighted by molar-refractivity contribution is 5.92. The fraction of sp³-hybridized carbons (Fsp3) is 0.526. The smallest absolute Gasteiger partial charge is 0.419 e. The monoisotopic (exact) mass is 330 g/mol. The quantitative estimate of drug-likeness (QED) is 0.887. The van der Waals surface area contributed by atoms with Crippen molar-refractivity contribution in [3.8, 4) is 0 Å². The molecule has 0 bridgehead atoms. The molecule has 0 saturated carbocycles. The van der Waals surface area contributed by atoms with Crippen LogP contribution in [-0.2, 0) is 4.74 Å². The average Bonchev–Trinajstić information content (AvgIpc) is 2.93. The van der Waals surface area contributed by atoms with Crippen LogP contribution in [0.5, 0.6) is 0 Å². The van der Waals surface area contributed by atoms with Gasteiger partial charge in [0.2, 0.25) is 0 Å². The topological polar surface area (TPSA) is 63.5 Å². The van der Waals surface area contributed by atoms with E-state index in [9.17, 15) is 9.90 Å². The molecule has 3 rings (SSSR count). The number of aromatic nitrogens is 1. The summed E-state index contributed by atoms with van der Waals surface area (Å²) in [6.45, 7) is 6.61. The van der Waals surface area contributed by atoms with Crippen molar-refractivity contribution < 1.29 is 14.6 Å². The van der Waals surface area contributed by atoms with Crippen LogP contribution in [0.4, 0.5) is 4.79 Å². The highest BCUT2D eigenvalue weighted by atomic mass is 16.6. The van der Waals surface area contributed by atoms with E-state index in [0.717, 1.165) is 35.9 Å². The Morgan fingerprint density at radius 1 is 1.38 bits per heavy atom. The number of hydrogen-bond donors (Lipinski definition) is 2. The van der Waals surface area contributed by atoms with E-state index in [2.05, 4.69) is 5.32 Å². The van der Waals surface area contributed by atoms with Gasteiger partial charge >= 0.3 is 6.09 Å². The Balaban J connectivity index is 2.05. The fourth-order valence-corrected chi connectivity index (χ4v) is 3.48. The number of fused-ring (bicyclic) bond motifs is 1. The van der Waals surface area contributed by atoms with E-state index in [0.29, 0.717) is 0 Å². The predicted octanol–water partition coefficient (Wildman–Crippen LogP) is 3.25. The molecular weight excluding hydrogens is 304 g/mol. The molecule has 2 aromatic rings. The third-order valence-corrected chi connectivity index (χ3v) is 4.51. The Kier molecular flexibility index (Phi) is 4.65. The molecule has 0 spiro atoms. The molecule has 2 heterocycles. The summed E-state index contributed by atoms with van der Waals surface area (Å²) >= 11 is 0. The van der Waals surface area contributed by atoms with Gasteiger partial charge in [0.1, 0.15) is 5.60 Å². The fourth-order valence-electron chi connectivity index (χ4n) is 3.48. The second-order valence-electron chi connectivity index (χ2n) is 7.44. The summed E-state index contributed by atoms with van der Waals surface area (Å²) in [5.41, 5.74) is 1.41. The van der Waals surface area contributed by atoms with Gasteiger partial charge in [-0.2, -0.15) is 0 Å². The van der Waals surface area contributed by atoms with E-state index in [4.69, 9.17) is 4.74 Å². The molecule has 1 aromatic heterocycles. The van der Waals surface area contributed by atoms with Crippen LogP contribution in [0.2, 0.25) is 0 Å². The number of carbonyl (C=O) groups is 1. The Morgan fingerprint density at radius 3 is 2.83 bits per heavy atom. The molecule has 2 N–H and O–H groups in total. The molecule has 130 valence electrons. The van der Waals surface area contributed by atoms with Crippen molar-refractivity contribution in [1.82, 2.24) is 9.88 Å². The van der Waals surface area contributed by atoms with Crippen LogP contribution in [0, 0.1) is 0 Å². The number of aliphatic hydroxyl groups is 1. The van der Waals surface area contributed by atoms with Gasteiger partial charge in [-0.1, -0.05) is 18.2 Å². The van der Waals surface area contributed by atoms with E-state index in [1.807, 2.05) is 51.2 Å². The van der Waals surface area contributed by atoms with Gasteiger partial charge in [-0.25, -0.2) is 4.79 Å². The zero-order valence-corrected chi connectivity index (χ0v) is 14.6. The van der Waals surface area contributed by atoms with Gasteiger partial charge in [-0.3, -0.25) is 4.57 Å². The van der Waals surface area contributed by atoms with Gasteiger partial charge in [0.15, 0.2) is 0 Å². The summed E-state index contributed by atoms with van der Waals surface area (Å²) in [5.74, 6) is 0.192. The Hall–Kier alpha value is -1.85. The van der Waals surface area contributed by atoms with Crippen molar-refractivity contribution in [3.05, 3.63) is 36.0 Å². The van der Waals surface area contributed by atoms with Gasteiger partial charge in [-0.15, -0.1) is 0 Å². The summed E-state index contributed by atoms with van der Waals surface area (Å²) in [7, 11) is 0. The number of hydrogen-bond acceptors (Lipinski definition) is 4. The van der Waals surface area contributed by atoms with E-state index >= 15 is 0 Å². The first-order chi connectivity index (χ1) is 11.4. The first-order valence-corrected chi connectivity index (χ1v) is 8.58. The first-order valence-electron chi connectivity index (χ1n) is 8.58. The van der Waals surface area contributed by atoms with Gasteiger partial charge in [0.05, 0.1) is 12.1 Å². The van der Waals surface area contributed by atoms with Crippen molar-refractivity contribution in [3.63, 3.8) is 0 Å². The number of ether oxygens (including phenoxy) is 1. The number of piperidine rings is 1. The van der Waals surface area contributed by atoms with Crippen LogP contribution < -0.4 is 5.32 Å². The van der Waals surface area contributed by atoms with Crippen molar-refractivity contribution in [2.45, 2.75) is 51.2 Å². The van der Waals surface area contributed by atoms with Crippen LogP contribution in [0.25, 0.3) is 10.9 Å². The second kappa shape index (κ2) is 6.57. The standard InChI is InChI=1S/C19H26N2O3/c1-19(2,3)24-18(23)21-11-15(14-7-4-5-9-17(14)21)13-8-6-10-20-16(13)12-22/h4-5,7,9,11,13,16,20,22H,6,8,10,12H2,1-3H3/t13-,16+/m1/s1. The number of nitrogens with zero attached hydrogens (tertiary/aromatic N) is 1. The second-order valence-corrected chi connectivity index (χ2v) is 7.44. The molecule has 5 nitrogen and oxygen atoms in total. The molecule has 24 heavy (non-hydrogen) atoms. The molecule has 1 saturated heterocycles. The van der Waals surface area contributed by atoms with Crippen molar-refractivity contribution in [1.29, 1.82) is 0 Å². The molecule has 0 unspecified atom stereocenters. The van der Waals surface area contributed by atoms with Crippen LogP contribution in [0.1, 0.15) is 45.1 Å². The molecular formula is C19H26N2O3. The number of rotatable bonds is 2. The van der Waals surface area contributed by atoms with Gasteiger partial charge in [-0.05, 0) is 51.8 Å². The Morgan fingerprint density at radius 2 is 2.12 bits per heavy atom. The SMILES string of the molecule is CC(C)(C)OC(=O)n1cc([C@H]2CCCN[C@H]2CO)c2ccccc21. The van der Waals surface area contributed by atoms with Crippen LogP contribution in [-0.4, -0.2) is 40.6 Å². The molecule has 1 fully saturated rings. The lowest BCUT2D eigenvalue weighted by atomic mass is 9.85. The lowest BCUT2D eigenvalue weighted by molar-refractivity contribution is 0.0544. The highest BCUT2D eigenvalue weighted by Crippen LogP contribution is 2.34. The van der Waals surface area contributed by atoms with Crippen molar-refractivity contribution >= 4 is 17.0 Å². The zero-order valence-electron chi connectivity index (χ0n) is 14.6. The van der Waals surface area contributed by atoms with E-state index in [1.54, 1.807) is 4.57 Å². The maximum absolute atomic E-state index is 12.6. The number of benzene rings is 1. The maximum atomic E-state index is 12.6. The number of nitrogens with one attached hydrogen (secondary N) is 1. The molecule has 1 aromatic carbocycles. The van der Waals surface area contributed by atoms with Crippen molar-refractivity contribution in [2.24, 2.45) is 0 Å². The summed E-state index contributed by atoms with van der Waals surface area (Å²) in [6, 6.07) is 7.91.